The molecule has 0 saturated carbocycles. The molecule has 0 aliphatic carbocycles. The third kappa shape index (κ3) is 5.09. The van der Waals surface area contributed by atoms with Gasteiger partial charge in [0.05, 0.1) is 0 Å². The van der Waals surface area contributed by atoms with E-state index in [1.54, 1.807) is 19.4 Å². The van der Waals surface area contributed by atoms with Crippen LogP contribution in [-0.2, 0) is 4.74 Å². The van der Waals surface area contributed by atoms with Crippen LogP contribution >= 0.6 is 15.9 Å². The predicted octanol–water partition coefficient (Wildman–Crippen LogP) is 2.75. The van der Waals surface area contributed by atoms with Crippen LogP contribution < -0.4 is 10.6 Å². The van der Waals surface area contributed by atoms with Gasteiger partial charge in [-0.25, -0.2) is 9.97 Å². The van der Waals surface area contributed by atoms with Gasteiger partial charge in [-0.3, -0.25) is 4.79 Å². The molecule has 0 aliphatic heterocycles. The maximum atomic E-state index is 12.0. The molecule has 2 rings (SSSR count). The van der Waals surface area contributed by atoms with Gasteiger partial charge in [-0.05, 0) is 36.8 Å². The first-order valence-corrected chi connectivity index (χ1v) is 7.61. The van der Waals surface area contributed by atoms with Crippen molar-refractivity contribution >= 4 is 33.5 Å². The van der Waals surface area contributed by atoms with Crippen LogP contribution in [0.5, 0.6) is 0 Å². The lowest BCUT2D eigenvalue weighted by Crippen LogP contribution is -2.26. The molecule has 0 spiro atoms. The molecule has 0 bridgehead atoms. The van der Waals surface area contributed by atoms with Gasteiger partial charge in [-0.15, -0.1) is 0 Å². The second-order valence-corrected chi connectivity index (χ2v) is 5.42. The number of ether oxygens (including phenoxy) is 1. The molecule has 116 valence electrons. The Morgan fingerprint density at radius 2 is 2.05 bits per heavy atom. The quantitative estimate of drug-likeness (QED) is 0.738. The Morgan fingerprint density at radius 3 is 2.77 bits per heavy atom. The number of hydrogen-bond donors (Lipinski definition) is 2. The normalized spacial score (nSPS) is 10.3. The Morgan fingerprint density at radius 1 is 1.27 bits per heavy atom. The minimum atomic E-state index is -0.225. The first kappa shape index (κ1) is 16.4. The van der Waals surface area contributed by atoms with E-state index in [-0.39, 0.29) is 5.91 Å². The third-order valence-corrected chi connectivity index (χ3v) is 3.33. The summed E-state index contributed by atoms with van der Waals surface area (Å²) in [5.41, 5.74) is 1.17. The van der Waals surface area contributed by atoms with Crippen molar-refractivity contribution in [2.24, 2.45) is 0 Å². The van der Waals surface area contributed by atoms with E-state index in [0.717, 1.165) is 16.6 Å². The molecule has 2 N–H and O–H groups in total. The summed E-state index contributed by atoms with van der Waals surface area (Å²) >= 11 is 3.38. The molecule has 0 atom stereocenters. The van der Waals surface area contributed by atoms with Crippen LogP contribution in [0.25, 0.3) is 0 Å². The van der Waals surface area contributed by atoms with Crippen molar-refractivity contribution in [1.82, 2.24) is 15.3 Å². The van der Waals surface area contributed by atoms with E-state index in [2.05, 4.69) is 36.5 Å². The molecule has 0 fully saturated rings. The first-order chi connectivity index (χ1) is 10.7. The number of nitrogens with one attached hydrogen (secondary N) is 2. The Labute approximate surface area is 137 Å². The van der Waals surface area contributed by atoms with E-state index < -0.39 is 0 Å². The summed E-state index contributed by atoms with van der Waals surface area (Å²) in [6.45, 7) is 1.16. The average Bonchev–Trinajstić information content (AvgIpc) is 2.54. The van der Waals surface area contributed by atoms with Gasteiger partial charge in [0.15, 0.2) is 0 Å². The summed E-state index contributed by atoms with van der Waals surface area (Å²) in [4.78, 5) is 20.3. The number of hydrogen-bond acceptors (Lipinski definition) is 5. The van der Waals surface area contributed by atoms with Gasteiger partial charge in [0, 0.05) is 36.6 Å². The SMILES string of the molecule is COCCCNC(=O)c1ccnc(Nc2ccc(Br)cc2)n1. The predicted molar refractivity (Wildman–Crippen MR) is 88.3 cm³/mol. The lowest BCUT2D eigenvalue weighted by atomic mass is 10.3. The van der Waals surface area contributed by atoms with E-state index in [1.807, 2.05) is 24.3 Å². The van der Waals surface area contributed by atoms with E-state index in [0.29, 0.717) is 24.8 Å². The van der Waals surface area contributed by atoms with Crippen LogP contribution in [-0.4, -0.2) is 36.1 Å². The zero-order chi connectivity index (χ0) is 15.8. The summed E-state index contributed by atoms with van der Waals surface area (Å²) < 4.78 is 5.92. The lowest BCUT2D eigenvalue weighted by Gasteiger charge is -2.07. The molecular weight excluding hydrogens is 348 g/mol. The van der Waals surface area contributed by atoms with Crippen LogP contribution in [0.1, 0.15) is 16.9 Å². The van der Waals surface area contributed by atoms with Crippen molar-refractivity contribution in [2.75, 3.05) is 25.6 Å². The number of anilines is 2. The molecule has 0 saturated heterocycles. The maximum absolute atomic E-state index is 12.0. The number of halogens is 1. The van der Waals surface area contributed by atoms with Crippen molar-refractivity contribution in [3.63, 3.8) is 0 Å². The van der Waals surface area contributed by atoms with Crippen LogP contribution in [0.15, 0.2) is 41.0 Å². The topological polar surface area (TPSA) is 76.1 Å². The van der Waals surface area contributed by atoms with Crippen LogP contribution in [0.3, 0.4) is 0 Å². The number of nitrogens with zero attached hydrogens (tertiary/aromatic N) is 2. The molecule has 1 aromatic carbocycles. The first-order valence-electron chi connectivity index (χ1n) is 6.82. The molecule has 1 amide bonds. The highest BCUT2D eigenvalue weighted by Gasteiger charge is 2.08. The van der Waals surface area contributed by atoms with Crippen molar-refractivity contribution in [1.29, 1.82) is 0 Å². The molecular formula is C15H17BrN4O2. The van der Waals surface area contributed by atoms with E-state index >= 15 is 0 Å². The minimum absolute atomic E-state index is 0.225. The molecule has 1 heterocycles. The molecule has 2 aromatic rings. The molecule has 1 aromatic heterocycles. The summed E-state index contributed by atoms with van der Waals surface area (Å²) in [5, 5.41) is 5.85. The minimum Gasteiger partial charge on any atom is -0.385 e. The second kappa shape index (κ2) is 8.45. The number of aromatic nitrogens is 2. The molecule has 6 nitrogen and oxygen atoms in total. The van der Waals surface area contributed by atoms with E-state index in [9.17, 15) is 4.79 Å². The summed E-state index contributed by atoms with van der Waals surface area (Å²) in [6.07, 6.45) is 2.32. The largest absolute Gasteiger partial charge is 0.385 e. The van der Waals surface area contributed by atoms with Gasteiger partial charge >= 0.3 is 0 Å². The number of amides is 1. The standard InChI is InChI=1S/C15H17BrN4O2/c1-22-10-2-8-17-14(21)13-7-9-18-15(20-13)19-12-5-3-11(16)4-6-12/h3-7,9H,2,8,10H2,1H3,(H,17,21)(H,18,19,20). The van der Waals surface area contributed by atoms with E-state index in [1.165, 1.54) is 0 Å². The average molecular weight is 365 g/mol. The zero-order valence-electron chi connectivity index (χ0n) is 12.2. The Bertz CT molecular complexity index is 619. The number of carbonyl (C=O) groups excluding carboxylic acids is 1. The van der Waals surface area contributed by atoms with Crippen LogP contribution in [0.2, 0.25) is 0 Å². The fourth-order valence-corrected chi connectivity index (χ4v) is 1.98. The Balaban J connectivity index is 1.97. The highest BCUT2D eigenvalue weighted by molar-refractivity contribution is 9.10. The van der Waals surface area contributed by atoms with Crippen LogP contribution in [0.4, 0.5) is 11.6 Å². The smallest absolute Gasteiger partial charge is 0.270 e. The van der Waals surface area contributed by atoms with Crippen molar-refractivity contribution in [3.8, 4) is 0 Å². The van der Waals surface area contributed by atoms with Gasteiger partial charge < -0.3 is 15.4 Å². The second-order valence-electron chi connectivity index (χ2n) is 4.50. The monoisotopic (exact) mass is 364 g/mol. The fraction of sp³-hybridized carbons (Fsp3) is 0.267. The lowest BCUT2D eigenvalue weighted by molar-refractivity contribution is 0.0943. The molecule has 0 radical (unpaired) electrons. The van der Waals surface area contributed by atoms with Crippen LogP contribution in [0, 0.1) is 0 Å². The third-order valence-electron chi connectivity index (χ3n) is 2.80. The fourth-order valence-electron chi connectivity index (χ4n) is 1.72. The molecule has 0 unspecified atom stereocenters. The Kier molecular flexibility index (Phi) is 6.29. The van der Waals surface area contributed by atoms with Gasteiger partial charge in [-0.1, -0.05) is 15.9 Å². The maximum Gasteiger partial charge on any atom is 0.270 e. The Hall–Kier alpha value is -1.99. The summed E-state index contributed by atoms with van der Waals surface area (Å²) in [7, 11) is 1.63. The van der Waals surface area contributed by atoms with Gasteiger partial charge in [0.2, 0.25) is 5.95 Å². The number of rotatable bonds is 7. The molecule has 22 heavy (non-hydrogen) atoms. The zero-order valence-corrected chi connectivity index (χ0v) is 13.8. The molecule has 0 aliphatic rings. The van der Waals surface area contributed by atoms with Gasteiger partial charge in [0.25, 0.3) is 5.91 Å². The summed E-state index contributed by atoms with van der Waals surface area (Å²) in [5.74, 6) is 0.157. The van der Waals surface area contributed by atoms with Crippen molar-refractivity contribution < 1.29 is 9.53 Å². The van der Waals surface area contributed by atoms with Gasteiger partial charge in [0.1, 0.15) is 5.69 Å². The van der Waals surface area contributed by atoms with E-state index in [4.69, 9.17) is 4.74 Å². The number of benzene rings is 1. The summed E-state index contributed by atoms with van der Waals surface area (Å²) in [6, 6.07) is 9.19. The molecule has 7 heteroatoms. The van der Waals surface area contributed by atoms with Crippen molar-refractivity contribution in [3.05, 3.63) is 46.7 Å². The number of methoxy groups -OCH3 is 1. The van der Waals surface area contributed by atoms with Gasteiger partial charge in [-0.2, -0.15) is 0 Å². The highest BCUT2D eigenvalue weighted by Crippen LogP contribution is 2.16. The number of carbonyl (C=O) groups is 1. The highest BCUT2D eigenvalue weighted by atomic mass is 79.9. The van der Waals surface area contributed by atoms with Crippen molar-refractivity contribution in [2.45, 2.75) is 6.42 Å².